The molecule has 0 saturated carbocycles. The Labute approximate surface area is 142 Å². The van der Waals surface area contributed by atoms with E-state index in [-0.39, 0.29) is 33.3 Å². The summed E-state index contributed by atoms with van der Waals surface area (Å²) in [5, 5.41) is 8.72. The van der Waals surface area contributed by atoms with Gasteiger partial charge < -0.3 is 9.84 Å². The molecule has 9 heteroatoms. The first kappa shape index (κ1) is 18.0. The average Bonchev–Trinajstić information content (AvgIpc) is 2.49. The van der Waals surface area contributed by atoms with Crippen LogP contribution >= 0.6 is 11.6 Å². The van der Waals surface area contributed by atoms with E-state index in [0.29, 0.717) is 0 Å². The molecule has 2 aromatic rings. The molecule has 0 aromatic heterocycles. The number of carboxylic acid groups (broad SMARTS) is 1. The second-order valence-electron chi connectivity index (χ2n) is 4.79. The van der Waals surface area contributed by atoms with Gasteiger partial charge in [0.2, 0.25) is 0 Å². The van der Waals surface area contributed by atoms with Crippen LogP contribution in [-0.2, 0) is 21.2 Å². The van der Waals surface area contributed by atoms with E-state index in [1.807, 2.05) is 0 Å². The molecular weight excluding hydrogens is 361 g/mol. The number of methoxy groups -OCH3 is 1. The highest BCUT2D eigenvalue weighted by Crippen LogP contribution is 2.30. The van der Waals surface area contributed by atoms with Gasteiger partial charge in [-0.1, -0.05) is 17.7 Å². The summed E-state index contributed by atoms with van der Waals surface area (Å²) in [4.78, 5) is 10.6. The molecule has 0 radical (unpaired) electrons. The number of ether oxygens (including phenoxy) is 1. The van der Waals surface area contributed by atoms with Crippen molar-refractivity contribution in [3.63, 3.8) is 0 Å². The molecule has 24 heavy (non-hydrogen) atoms. The summed E-state index contributed by atoms with van der Waals surface area (Å²) in [7, 11) is -2.84. The van der Waals surface area contributed by atoms with Crippen molar-refractivity contribution >= 4 is 33.3 Å². The van der Waals surface area contributed by atoms with Crippen LogP contribution in [0.15, 0.2) is 41.3 Å². The zero-order valence-corrected chi connectivity index (χ0v) is 14.0. The van der Waals surface area contributed by atoms with Crippen LogP contribution in [0.1, 0.15) is 5.56 Å². The Balaban J connectivity index is 2.45. The van der Waals surface area contributed by atoms with E-state index in [9.17, 15) is 17.6 Å². The smallest absolute Gasteiger partial charge is 0.307 e. The molecule has 2 N–H and O–H groups in total. The van der Waals surface area contributed by atoms with Crippen molar-refractivity contribution in [2.24, 2.45) is 0 Å². The fraction of sp³-hybridized carbons (Fsp3) is 0.133. The lowest BCUT2D eigenvalue weighted by Gasteiger charge is -2.13. The summed E-state index contributed by atoms with van der Waals surface area (Å²) in [5.41, 5.74) is 0.276. The third kappa shape index (κ3) is 4.15. The fourth-order valence-electron chi connectivity index (χ4n) is 1.99. The maximum atomic E-state index is 13.1. The Morgan fingerprint density at radius 3 is 2.58 bits per heavy atom. The van der Waals surface area contributed by atoms with Crippen LogP contribution in [0.3, 0.4) is 0 Å². The lowest BCUT2D eigenvalue weighted by Crippen LogP contribution is -2.15. The Morgan fingerprint density at radius 2 is 2.00 bits per heavy atom. The van der Waals surface area contributed by atoms with Crippen LogP contribution < -0.4 is 9.46 Å². The van der Waals surface area contributed by atoms with Crippen LogP contribution in [0, 0.1) is 5.82 Å². The van der Waals surface area contributed by atoms with Gasteiger partial charge in [-0.05, 0) is 35.9 Å². The van der Waals surface area contributed by atoms with Gasteiger partial charge in [-0.2, -0.15) is 0 Å². The van der Waals surface area contributed by atoms with Crippen molar-refractivity contribution in [2.45, 2.75) is 11.3 Å². The van der Waals surface area contributed by atoms with Gasteiger partial charge in [-0.25, -0.2) is 12.8 Å². The second-order valence-corrected chi connectivity index (χ2v) is 6.84. The molecule has 0 heterocycles. The van der Waals surface area contributed by atoms with E-state index in [0.717, 1.165) is 12.1 Å². The number of aliphatic carboxylic acids is 1. The van der Waals surface area contributed by atoms with Gasteiger partial charge in [0.25, 0.3) is 10.0 Å². The number of carbonyl (C=O) groups is 1. The Hall–Kier alpha value is -2.32. The summed E-state index contributed by atoms with van der Waals surface area (Å²) in [6.07, 6.45) is -0.343. The van der Waals surface area contributed by atoms with E-state index in [1.54, 1.807) is 0 Å². The SMILES string of the molecule is COc1ccc(CC(=O)O)cc1S(=O)(=O)Nc1ccc(F)cc1Cl. The molecule has 2 rings (SSSR count). The number of anilines is 1. The molecule has 0 amide bonds. The van der Waals surface area contributed by atoms with Crippen LogP contribution in [0.4, 0.5) is 10.1 Å². The fourth-order valence-corrected chi connectivity index (χ4v) is 3.56. The van der Waals surface area contributed by atoms with Crippen molar-refractivity contribution in [3.05, 3.63) is 52.8 Å². The zero-order chi connectivity index (χ0) is 17.9. The highest BCUT2D eigenvalue weighted by molar-refractivity contribution is 7.92. The third-order valence-corrected chi connectivity index (χ3v) is 4.75. The van der Waals surface area contributed by atoms with Crippen LogP contribution in [0.5, 0.6) is 5.75 Å². The van der Waals surface area contributed by atoms with Gasteiger partial charge in [0.15, 0.2) is 0 Å². The number of halogens is 2. The highest BCUT2D eigenvalue weighted by atomic mass is 35.5. The van der Waals surface area contributed by atoms with Gasteiger partial charge in [0.05, 0.1) is 24.2 Å². The number of hydrogen-bond acceptors (Lipinski definition) is 4. The van der Waals surface area contributed by atoms with E-state index in [4.69, 9.17) is 21.4 Å². The first-order valence-electron chi connectivity index (χ1n) is 6.59. The Kier molecular flexibility index (Phi) is 5.30. The molecule has 0 spiro atoms. The molecular formula is C15H13ClFNO5S. The van der Waals surface area contributed by atoms with Crippen molar-refractivity contribution < 1.29 is 27.4 Å². The number of rotatable bonds is 6. The van der Waals surface area contributed by atoms with E-state index in [1.165, 1.54) is 31.4 Å². The van der Waals surface area contributed by atoms with Crippen molar-refractivity contribution in [1.29, 1.82) is 0 Å². The summed E-state index contributed by atoms with van der Waals surface area (Å²) >= 11 is 5.82. The minimum absolute atomic E-state index is 0.0104. The highest BCUT2D eigenvalue weighted by Gasteiger charge is 2.22. The first-order chi connectivity index (χ1) is 11.2. The standard InChI is InChI=1S/C15H13ClFNO5S/c1-23-13-5-2-9(7-15(19)20)6-14(13)24(21,22)18-12-4-3-10(17)8-11(12)16/h2-6,8,18H,7H2,1H3,(H,19,20). The van der Waals surface area contributed by atoms with Crippen LogP contribution in [0.2, 0.25) is 5.02 Å². The summed E-state index contributed by atoms with van der Waals surface area (Å²) in [5.74, 6) is -1.67. The molecule has 0 aliphatic heterocycles. The predicted molar refractivity (Wildman–Crippen MR) is 86.6 cm³/mol. The molecule has 0 aliphatic carbocycles. The van der Waals surface area contributed by atoms with Crippen molar-refractivity contribution in [1.82, 2.24) is 0 Å². The minimum atomic E-state index is -4.12. The molecule has 0 aliphatic rings. The van der Waals surface area contributed by atoms with E-state index >= 15 is 0 Å². The Bertz CT molecular complexity index is 885. The van der Waals surface area contributed by atoms with Crippen LogP contribution in [0.25, 0.3) is 0 Å². The van der Waals surface area contributed by atoms with Crippen molar-refractivity contribution in [3.8, 4) is 5.75 Å². The van der Waals surface area contributed by atoms with Gasteiger partial charge >= 0.3 is 5.97 Å². The maximum Gasteiger partial charge on any atom is 0.307 e. The zero-order valence-electron chi connectivity index (χ0n) is 12.4. The van der Waals surface area contributed by atoms with Gasteiger partial charge in [0.1, 0.15) is 16.5 Å². The molecule has 0 unspecified atom stereocenters. The number of sulfonamides is 1. The monoisotopic (exact) mass is 373 g/mol. The molecule has 0 saturated heterocycles. The molecule has 2 aromatic carbocycles. The van der Waals surface area contributed by atoms with E-state index < -0.39 is 21.8 Å². The normalized spacial score (nSPS) is 11.1. The minimum Gasteiger partial charge on any atom is -0.495 e. The molecule has 0 fully saturated rings. The maximum absolute atomic E-state index is 13.1. The average molecular weight is 374 g/mol. The topological polar surface area (TPSA) is 92.7 Å². The lowest BCUT2D eigenvalue weighted by molar-refractivity contribution is -0.136. The first-order valence-corrected chi connectivity index (χ1v) is 8.45. The molecule has 0 bridgehead atoms. The summed E-state index contributed by atoms with van der Waals surface area (Å²) < 4.78 is 45.4. The quantitative estimate of drug-likeness (QED) is 0.812. The van der Waals surface area contributed by atoms with Crippen LogP contribution in [-0.4, -0.2) is 26.6 Å². The third-order valence-electron chi connectivity index (χ3n) is 3.05. The molecule has 128 valence electrons. The van der Waals surface area contributed by atoms with Gasteiger partial charge in [-0.3, -0.25) is 9.52 Å². The number of benzene rings is 2. The lowest BCUT2D eigenvalue weighted by atomic mass is 10.1. The Morgan fingerprint density at radius 1 is 1.29 bits per heavy atom. The van der Waals surface area contributed by atoms with E-state index in [2.05, 4.69) is 4.72 Å². The number of hydrogen-bond donors (Lipinski definition) is 2. The summed E-state index contributed by atoms with van der Waals surface area (Å²) in [6.45, 7) is 0. The molecule has 0 atom stereocenters. The predicted octanol–water partition coefficient (Wildman–Crippen LogP) is 2.92. The number of carboxylic acids is 1. The van der Waals surface area contributed by atoms with Gasteiger partial charge in [-0.15, -0.1) is 0 Å². The van der Waals surface area contributed by atoms with Gasteiger partial charge in [0, 0.05) is 0 Å². The number of nitrogens with one attached hydrogen (secondary N) is 1. The van der Waals surface area contributed by atoms with Crippen molar-refractivity contribution in [2.75, 3.05) is 11.8 Å². The molecule has 6 nitrogen and oxygen atoms in total. The second kappa shape index (κ2) is 7.06. The largest absolute Gasteiger partial charge is 0.495 e. The summed E-state index contributed by atoms with van der Waals surface area (Å²) in [6, 6.07) is 7.23.